The molecule has 0 aliphatic heterocycles. The minimum absolute atomic E-state index is 0.230. The Morgan fingerprint density at radius 2 is 0.815 bits per heavy atom. The van der Waals surface area contributed by atoms with Crippen molar-refractivity contribution in [3.8, 4) is 0 Å². The van der Waals surface area contributed by atoms with E-state index >= 15 is 0 Å². The van der Waals surface area contributed by atoms with Gasteiger partial charge in [-0.05, 0) is 64.3 Å². The zero-order chi connectivity index (χ0) is 21.4. The first kappa shape index (κ1) is 27.0. The first-order valence-electron chi connectivity index (χ1n) is 11.9. The van der Waals surface area contributed by atoms with Crippen molar-refractivity contribution >= 4 is 0 Å². The smallest absolute Gasteiger partial charge is 0.0163 e. The molecule has 0 atom stereocenters. The fourth-order valence-corrected chi connectivity index (χ4v) is 5.61. The highest BCUT2D eigenvalue weighted by Gasteiger charge is 2.41. The van der Waals surface area contributed by atoms with Crippen molar-refractivity contribution in [2.24, 2.45) is 10.8 Å². The second-order valence-electron chi connectivity index (χ2n) is 12.7. The van der Waals surface area contributed by atoms with Crippen LogP contribution in [0.1, 0.15) is 140 Å². The minimum Gasteiger partial charge on any atom is -0.293 e. The van der Waals surface area contributed by atoms with Crippen LogP contribution in [0.4, 0.5) is 0 Å². The predicted octanol–water partition coefficient (Wildman–Crippen LogP) is 8.86. The average molecular weight is 382 g/mol. The lowest BCUT2D eigenvalue weighted by Gasteiger charge is -2.52. The highest BCUT2D eigenvalue weighted by atomic mass is 15.2. The van der Waals surface area contributed by atoms with Crippen molar-refractivity contribution in [1.29, 1.82) is 0 Å². The molecular weight excluding hydrogens is 326 g/mol. The molecule has 0 spiro atoms. The van der Waals surface area contributed by atoms with Crippen LogP contribution >= 0.6 is 0 Å². The lowest BCUT2D eigenvalue weighted by molar-refractivity contribution is -0.0266. The molecule has 0 radical (unpaired) electrons. The zero-order valence-electron chi connectivity index (χ0n) is 21.2. The van der Waals surface area contributed by atoms with E-state index in [1.165, 1.54) is 70.8 Å². The Bertz CT molecular complexity index is 350. The molecule has 0 saturated carbocycles. The number of hydrogen-bond donors (Lipinski definition) is 0. The summed E-state index contributed by atoms with van der Waals surface area (Å²) in [5.74, 6) is 0. The third kappa shape index (κ3) is 12.9. The van der Waals surface area contributed by atoms with Gasteiger partial charge < -0.3 is 0 Å². The Morgan fingerprint density at radius 1 is 0.481 bits per heavy atom. The lowest BCUT2D eigenvalue weighted by Crippen LogP contribution is -2.58. The molecule has 0 aromatic carbocycles. The van der Waals surface area contributed by atoms with Gasteiger partial charge in [-0.1, -0.05) is 93.4 Å². The fraction of sp³-hybridized carbons (Fsp3) is 1.00. The van der Waals surface area contributed by atoms with Gasteiger partial charge in [0.15, 0.2) is 0 Å². The number of rotatable bonds is 13. The van der Waals surface area contributed by atoms with Gasteiger partial charge in [-0.3, -0.25) is 4.90 Å². The van der Waals surface area contributed by atoms with Crippen LogP contribution in [0, 0.1) is 10.8 Å². The standard InChI is InChI=1S/C26H55N/c1-12-13-14-15-16-17-18-19-20-27(25(8,9)21-23(2,3)4)26(10,11)22-24(5,6)7/h12-22H2,1-11H3. The van der Waals surface area contributed by atoms with E-state index in [1.54, 1.807) is 0 Å². The van der Waals surface area contributed by atoms with E-state index in [9.17, 15) is 0 Å². The van der Waals surface area contributed by atoms with Crippen LogP contribution in [-0.2, 0) is 0 Å². The Balaban J connectivity index is 4.90. The van der Waals surface area contributed by atoms with Gasteiger partial charge in [0.25, 0.3) is 0 Å². The Hall–Kier alpha value is -0.0400. The average Bonchev–Trinajstić information content (AvgIpc) is 2.39. The lowest BCUT2D eigenvalue weighted by atomic mass is 9.75. The van der Waals surface area contributed by atoms with Gasteiger partial charge in [-0.25, -0.2) is 0 Å². The minimum atomic E-state index is 0.230. The van der Waals surface area contributed by atoms with Crippen LogP contribution in [0.5, 0.6) is 0 Å². The van der Waals surface area contributed by atoms with E-state index < -0.39 is 0 Å². The maximum Gasteiger partial charge on any atom is 0.0163 e. The van der Waals surface area contributed by atoms with E-state index in [4.69, 9.17) is 0 Å². The number of nitrogens with zero attached hydrogens (tertiary/aromatic N) is 1. The van der Waals surface area contributed by atoms with E-state index in [2.05, 4.69) is 81.1 Å². The first-order valence-corrected chi connectivity index (χ1v) is 11.9. The van der Waals surface area contributed by atoms with E-state index in [0.29, 0.717) is 10.8 Å². The topological polar surface area (TPSA) is 3.24 Å². The summed E-state index contributed by atoms with van der Waals surface area (Å²) in [5, 5.41) is 0. The summed E-state index contributed by atoms with van der Waals surface area (Å²) in [6.45, 7) is 27.8. The third-order valence-electron chi connectivity index (χ3n) is 5.62. The van der Waals surface area contributed by atoms with Crippen molar-refractivity contribution in [1.82, 2.24) is 4.90 Å². The first-order chi connectivity index (χ1) is 12.1. The van der Waals surface area contributed by atoms with Crippen LogP contribution in [0.2, 0.25) is 0 Å². The molecule has 0 bridgehead atoms. The van der Waals surface area contributed by atoms with Gasteiger partial charge in [-0.15, -0.1) is 0 Å². The van der Waals surface area contributed by atoms with Crippen LogP contribution in [0.3, 0.4) is 0 Å². The van der Waals surface area contributed by atoms with Crippen LogP contribution in [0.25, 0.3) is 0 Å². The van der Waals surface area contributed by atoms with E-state index in [0.717, 1.165) is 0 Å². The molecule has 0 heterocycles. The molecule has 0 amide bonds. The SMILES string of the molecule is CCCCCCCCCCN(C(C)(C)CC(C)(C)C)C(C)(C)CC(C)(C)C. The maximum atomic E-state index is 2.85. The van der Waals surface area contributed by atoms with Gasteiger partial charge in [0.05, 0.1) is 0 Å². The van der Waals surface area contributed by atoms with Crippen molar-refractivity contribution in [3.63, 3.8) is 0 Å². The van der Waals surface area contributed by atoms with Crippen LogP contribution in [0.15, 0.2) is 0 Å². The van der Waals surface area contributed by atoms with Gasteiger partial charge >= 0.3 is 0 Å². The second kappa shape index (κ2) is 11.2. The third-order valence-corrected chi connectivity index (χ3v) is 5.62. The normalized spacial score (nSPS) is 14.2. The highest BCUT2D eigenvalue weighted by Crippen LogP contribution is 2.40. The molecule has 0 aliphatic rings. The number of unbranched alkanes of at least 4 members (excludes halogenated alkanes) is 7. The monoisotopic (exact) mass is 381 g/mol. The number of hydrogen-bond acceptors (Lipinski definition) is 1. The molecule has 164 valence electrons. The molecule has 0 fully saturated rings. The van der Waals surface area contributed by atoms with Gasteiger partial charge in [0.2, 0.25) is 0 Å². The molecule has 0 rings (SSSR count). The van der Waals surface area contributed by atoms with Gasteiger partial charge in [0.1, 0.15) is 0 Å². The molecule has 0 aliphatic carbocycles. The molecule has 1 nitrogen and oxygen atoms in total. The van der Waals surface area contributed by atoms with E-state index in [1.807, 2.05) is 0 Å². The molecule has 1 heteroatoms. The molecular formula is C26H55N. The molecule has 0 N–H and O–H groups in total. The molecule has 0 aromatic rings. The summed E-state index contributed by atoms with van der Waals surface area (Å²) < 4.78 is 0. The van der Waals surface area contributed by atoms with Gasteiger partial charge in [0, 0.05) is 11.1 Å². The molecule has 0 saturated heterocycles. The summed E-state index contributed by atoms with van der Waals surface area (Å²) >= 11 is 0. The van der Waals surface area contributed by atoms with Crippen molar-refractivity contribution < 1.29 is 0 Å². The summed E-state index contributed by atoms with van der Waals surface area (Å²) in [7, 11) is 0. The Labute approximate surface area is 174 Å². The maximum absolute atomic E-state index is 2.85. The second-order valence-corrected chi connectivity index (χ2v) is 12.7. The molecule has 0 aromatic heterocycles. The quantitative estimate of drug-likeness (QED) is 0.288. The molecule has 0 unspecified atom stereocenters. The zero-order valence-corrected chi connectivity index (χ0v) is 21.2. The fourth-order valence-electron chi connectivity index (χ4n) is 5.61. The summed E-state index contributed by atoms with van der Waals surface area (Å²) in [6.07, 6.45) is 13.7. The molecule has 27 heavy (non-hydrogen) atoms. The van der Waals surface area contributed by atoms with Crippen molar-refractivity contribution in [2.75, 3.05) is 6.54 Å². The summed E-state index contributed by atoms with van der Waals surface area (Å²) in [5.41, 5.74) is 1.18. The van der Waals surface area contributed by atoms with Crippen molar-refractivity contribution in [3.05, 3.63) is 0 Å². The Kier molecular flexibility index (Phi) is 11.2. The largest absolute Gasteiger partial charge is 0.293 e. The summed E-state index contributed by atoms with van der Waals surface area (Å²) in [6, 6.07) is 0. The highest BCUT2D eigenvalue weighted by molar-refractivity contribution is 4.96. The van der Waals surface area contributed by atoms with E-state index in [-0.39, 0.29) is 11.1 Å². The Morgan fingerprint density at radius 3 is 1.15 bits per heavy atom. The van der Waals surface area contributed by atoms with Crippen molar-refractivity contribution in [2.45, 2.75) is 151 Å². The van der Waals surface area contributed by atoms with Crippen LogP contribution < -0.4 is 0 Å². The summed E-state index contributed by atoms with van der Waals surface area (Å²) in [4.78, 5) is 2.85. The van der Waals surface area contributed by atoms with Crippen LogP contribution in [-0.4, -0.2) is 22.5 Å². The predicted molar refractivity (Wildman–Crippen MR) is 126 cm³/mol. The van der Waals surface area contributed by atoms with Gasteiger partial charge in [-0.2, -0.15) is 0 Å².